The third kappa shape index (κ3) is 2.08. The van der Waals surface area contributed by atoms with E-state index < -0.39 is 0 Å². The molecule has 3 rings (SSSR count). The van der Waals surface area contributed by atoms with Gasteiger partial charge in [-0.25, -0.2) is 0 Å². The highest BCUT2D eigenvalue weighted by atomic mass is 14.4. The van der Waals surface area contributed by atoms with Gasteiger partial charge >= 0.3 is 0 Å². The molecule has 0 N–H and O–H groups in total. The van der Waals surface area contributed by atoms with Gasteiger partial charge < -0.3 is 0 Å². The molecular weight excluding hydrogens is 156 g/mol. The number of hydrogen-bond donors (Lipinski definition) is 0. The van der Waals surface area contributed by atoms with Gasteiger partial charge in [-0.05, 0) is 62.2 Å². The van der Waals surface area contributed by atoms with Crippen LogP contribution in [0.3, 0.4) is 0 Å². The average Bonchev–Trinajstić information content (AvgIpc) is 2.18. The van der Waals surface area contributed by atoms with Crippen LogP contribution in [0.2, 0.25) is 0 Å². The van der Waals surface area contributed by atoms with E-state index in [9.17, 15) is 0 Å². The summed E-state index contributed by atoms with van der Waals surface area (Å²) in [6, 6.07) is 0. The maximum atomic E-state index is 2.37. The van der Waals surface area contributed by atoms with Gasteiger partial charge in [0, 0.05) is 0 Å². The van der Waals surface area contributed by atoms with Gasteiger partial charge in [-0.3, -0.25) is 0 Å². The van der Waals surface area contributed by atoms with E-state index in [1.165, 1.54) is 12.8 Å². The lowest BCUT2D eigenvalue weighted by atomic mass is 9.59. The fourth-order valence-electron chi connectivity index (χ4n) is 3.31. The second kappa shape index (κ2) is 3.63. The maximum Gasteiger partial charge on any atom is -0.0297 e. The quantitative estimate of drug-likeness (QED) is 0.604. The monoisotopic (exact) mass is 180 g/mol. The lowest BCUT2D eigenvalue weighted by molar-refractivity contribution is 0.0515. The van der Waals surface area contributed by atoms with Gasteiger partial charge in [0.1, 0.15) is 0 Å². The molecule has 0 spiro atoms. The molecule has 0 unspecified atom stereocenters. The molecule has 3 aliphatic rings. The van der Waals surface area contributed by atoms with Crippen LogP contribution in [0.1, 0.15) is 65.2 Å². The average molecular weight is 180 g/mol. The molecule has 0 atom stereocenters. The topological polar surface area (TPSA) is 0 Å². The van der Waals surface area contributed by atoms with Crippen molar-refractivity contribution in [2.24, 2.45) is 17.3 Å². The lowest BCUT2D eigenvalue weighted by Crippen LogP contribution is -2.34. The maximum absolute atomic E-state index is 2.37. The van der Waals surface area contributed by atoms with Crippen LogP contribution in [0.25, 0.3) is 0 Å². The second-order valence-corrected chi connectivity index (χ2v) is 5.91. The fourth-order valence-corrected chi connectivity index (χ4v) is 3.31. The van der Waals surface area contributed by atoms with Gasteiger partial charge in [-0.15, -0.1) is 0 Å². The summed E-state index contributed by atoms with van der Waals surface area (Å²) in [7, 11) is 0. The zero-order valence-corrected chi connectivity index (χ0v) is 9.31. The molecule has 3 saturated carbocycles. The summed E-state index contributed by atoms with van der Waals surface area (Å²) in [5.41, 5.74) is 0.818. The molecular formula is C13H24. The summed E-state index contributed by atoms with van der Waals surface area (Å²) >= 11 is 0. The first-order valence-corrected chi connectivity index (χ1v) is 6.20. The van der Waals surface area contributed by atoms with Crippen LogP contribution in [0.5, 0.6) is 0 Å². The zero-order valence-electron chi connectivity index (χ0n) is 9.31. The van der Waals surface area contributed by atoms with E-state index in [4.69, 9.17) is 0 Å². The van der Waals surface area contributed by atoms with E-state index in [1.54, 1.807) is 38.5 Å². The number of rotatable bonds is 3. The predicted molar refractivity (Wildman–Crippen MR) is 57.7 cm³/mol. The van der Waals surface area contributed by atoms with E-state index in [0.717, 1.165) is 17.3 Å². The van der Waals surface area contributed by atoms with E-state index in [2.05, 4.69) is 13.8 Å². The molecule has 0 heterocycles. The van der Waals surface area contributed by atoms with Crippen LogP contribution in [0, 0.1) is 17.3 Å². The molecule has 0 radical (unpaired) electrons. The smallest absolute Gasteiger partial charge is 0.0297 e. The Kier molecular flexibility index (Phi) is 2.67. The number of hydrogen-bond acceptors (Lipinski definition) is 0. The van der Waals surface area contributed by atoms with Crippen molar-refractivity contribution in [3.05, 3.63) is 0 Å². The Hall–Kier alpha value is 0. The largest absolute Gasteiger partial charge is 0.0628 e. The van der Waals surface area contributed by atoms with Crippen molar-refractivity contribution in [1.29, 1.82) is 0 Å². The lowest BCUT2D eigenvalue weighted by Gasteiger charge is -2.47. The molecule has 0 heteroatoms. The van der Waals surface area contributed by atoms with Gasteiger partial charge in [0.2, 0.25) is 0 Å². The normalized spacial score (nSPS) is 38.5. The first-order chi connectivity index (χ1) is 6.20. The Morgan fingerprint density at radius 2 is 1.62 bits per heavy atom. The van der Waals surface area contributed by atoms with Gasteiger partial charge in [-0.1, -0.05) is 20.3 Å². The van der Waals surface area contributed by atoms with Crippen molar-refractivity contribution in [3.8, 4) is 0 Å². The first-order valence-electron chi connectivity index (χ1n) is 6.20. The van der Waals surface area contributed by atoms with Gasteiger partial charge in [-0.2, -0.15) is 0 Å². The summed E-state index contributed by atoms with van der Waals surface area (Å²) in [6.45, 7) is 4.73. The molecule has 0 aliphatic heterocycles. The van der Waals surface area contributed by atoms with Gasteiger partial charge in [0.05, 0.1) is 0 Å². The first kappa shape index (κ1) is 9.55. The van der Waals surface area contributed by atoms with E-state index in [1.807, 2.05) is 0 Å². The van der Waals surface area contributed by atoms with Crippen molar-refractivity contribution in [1.82, 2.24) is 0 Å². The summed E-state index contributed by atoms with van der Waals surface area (Å²) in [5.74, 6) is 2.04. The molecule has 0 aromatic carbocycles. The molecule has 0 nitrogen and oxygen atoms in total. The van der Waals surface area contributed by atoms with Crippen molar-refractivity contribution in [3.63, 3.8) is 0 Å². The summed E-state index contributed by atoms with van der Waals surface area (Å²) in [4.78, 5) is 0. The summed E-state index contributed by atoms with van der Waals surface area (Å²) in [6.07, 6.45) is 12.3. The van der Waals surface area contributed by atoms with Gasteiger partial charge in [0.25, 0.3) is 0 Å². The van der Waals surface area contributed by atoms with Crippen LogP contribution in [-0.2, 0) is 0 Å². The highest BCUT2D eigenvalue weighted by molar-refractivity contribution is 4.91. The van der Waals surface area contributed by atoms with Crippen molar-refractivity contribution < 1.29 is 0 Å². The third-order valence-corrected chi connectivity index (χ3v) is 4.50. The van der Waals surface area contributed by atoms with E-state index in [-0.39, 0.29) is 0 Å². The van der Waals surface area contributed by atoms with Crippen LogP contribution < -0.4 is 0 Å². The summed E-state index contributed by atoms with van der Waals surface area (Å²) < 4.78 is 0. The second-order valence-electron chi connectivity index (χ2n) is 5.91. The highest BCUT2D eigenvalue weighted by Gasteiger charge is 2.39. The molecule has 0 saturated heterocycles. The fraction of sp³-hybridized carbons (Fsp3) is 1.00. The Labute approximate surface area is 83.1 Å². The summed E-state index contributed by atoms with van der Waals surface area (Å²) in [5, 5.41) is 0. The van der Waals surface area contributed by atoms with Crippen LogP contribution in [0.4, 0.5) is 0 Å². The van der Waals surface area contributed by atoms with E-state index in [0.29, 0.717) is 0 Å². The van der Waals surface area contributed by atoms with Crippen LogP contribution >= 0.6 is 0 Å². The Morgan fingerprint density at radius 1 is 1.08 bits per heavy atom. The molecule has 3 aliphatic carbocycles. The molecule has 2 bridgehead atoms. The van der Waals surface area contributed by atoms with Crippen molar-refractivity contribution >= 4 is 0 Å². The minimum Gasteiger partial charge on any atom is -0.0628 e. The molecule has 0 amide bonds. The predicted octanol–water partition coefficient (Wildman–Crippen LogP) is 4.39. The van der Waals surface area contributed by atoms with Crippen LogP contribution in [-0.4, -0.2) is 0 Å². The third-order valence-electron chi connectivity index (χ3n) is 4.50. The molecule has 13 heavy (non-hydrogen) atoms. The standard InChI is InChI=1S/C13H24/c1-11(2)3-7-13-8-4-12(5-9-13)6-10-13/h11-12H,3-10H2,1-2H3. The molecule has 0 aromatic rings. The Morgan fingerprint density at radius 3 is 2.08 bits per heavy atom. The van der Waals surface area contributed by atoms with E-state index >= 15 is 0 Å². The van der Waals surface area contributed by atoms with Crippen LogP contribution in [0.15, 0.2) is 0 Å². The Bertz CT molecular complexity index is 147. The molecule has 3 fully saturated rings. The molecule has 0 aromatic heterocycles. The van der Waals surface area contributed by atoms with Crippen molar-refractivity contribution in [2.75, 3.05) is 0 Å². The minimum atomic E-state index is 0.818. The van der Waals surface area contributed by atoms with Crippen molar-refractivity contribution in [2.45, 2.75) is 65.2 Å². The molecule has 76 valence electrons. The Balaban J connectivity index is 1.87. The highest BCUT2D eigenvalue weighted by Crippen LogP contribution is 2.52. The number of fused-ring (bicyclic) bond motifs is 3. The SMILES string of the molecule is CC(C)CCC12CCC(CC1)CC2. The van der Waals surface area contributed by atoms with Gasteiger partial charge in [0.15, 0.2) is 0 Å². The zero-order chi connectivity index (χ0) is 9.31. The minimum absolute atomic E-state index is 0.818.